The van der Waals surface area contributed by atoms with Gasteiger partial charge in [0.25, 0.3) is 5.91 Å². The molecule has 0 aromatic carbocycles. The van der Waals surface area contributed by atoms with Crippen LogP contribution in [0.4, 0.5) is 10.6 Å². The Hall–Kier alpha value is -3.70. The summed E-state index contributed by atoms with van der Waals surface area (Å²) < 4.78 is 0. The van der Waals surface area contributed by atoms with Gasteiger partial charge in [-0.05, 0) is 65.4 Å². The highest BCUT2D eigenvalue weighted by Crippen LogP contribution is 2.88. The van der Waals surface area contributed by atoms with Crippen molar-refractivity contribution in [3.05, 3.63) is 24.4 Å². The zero-order chi connectivity index (χ0) is 36.9. The van der Waals surface area contributed by atoms with Crippen molar-refractivity contribution in [2.45, 2.75) is 131 Å². The fourth-order valence-electron chi connectivity index (χ4n) is 9.19. The minimum Gasteiger partial charge on any atom is -0.368 e. The standard InChI is InChI=1S/C38H59N7O5/c1-34(2,3)26(21-41-27-15-9-10-18-40-27)43-33(50)44-29(35(4,5)6)32(49)45-22-38(36(7,8)37(38)16-12-17-37)20-25(45)31(48)42-24(28(46)30(39)47)19-23-13-11-14-23/h9-10,15,18,23-26,29H,11-14,16-17,19-22H2,1-8H3,(H2,39,47)(H,40,41)(H,42,48)(H2,43,44,50)/t24?,25-,26+,29+,38+/m0/s1. The Bertz CT molecular complexity index is 1470. The number of primary amides is 1. The van der Waals surface area contributed by atoms with Gasteiger partial charge in [-0.25, -0.2) is 9.78 Å². The van der Waals surface area contributed by atoms with E-state index in [1.807, 2.05) is 59.7 Å². The first-order valence-corrected chi connectivity index (χ1v) is 18.4. The summed E-state index contributed by atoms with van der Waals surface area (Å²) in [7, 11) is 0. The molecule has 6 N–H and O–H groups in total. The van der Waals surface area contributed by atoms with Gasteiger partial charge in [0.15, 0.2) is 0 Å². The Morgan fingerprint density at radius 1 is 0.940 bits per heavy atom. The lowest BCUT2D eigenvalue weighted by atomic mass is 9.73. The largest absolute Gasteiger partial charge is 0.368 e. The minimum atomic E-state index is -1.08. The lowest BCUT2D eigenvalue weighted by Crippen LogP contribution is -2.61. The lowest BCUT2D eigenvalue weighted by molar-refractivity contribution is -0.143. The summed E-state index contributed by atoms with van der Waals surface area (Å²) in [4.78, 5) is 73.6. The molecule has 1 unspecified atom stereocenters. The number of carbonyl (C=O) groups is 5. The van der Waals surface area contributed by atoms with Crippen LogP contribution in [0.1, 0.15) is 107 Å². The van der Waals surface area contributed by atoms with Crippen LogP contribution in [0.3, 0.4) is 0 Å². The number of carbonyl (C=O) groups excluding carboxylic acids is 5. The Morgan fingerprint density at radius 3 is 2.10 bits per heavy atom. The van der Waals surface area contributed by atoms with Crippen LogP contribution < -0.4 is 27.0 Å². The number of nitrogens with zero attached hydrogens (tertiary/aromatic N) is 2. The molecule has 4 fully saturated rings. The summed E-state index contributed by atoms with van der Waals surface area (Å²) in [6.45, 7) is 17.1. The summed E-state index contributed by atoms with van der Waals surface area (Å²) in [5.41, 5.74) is 4.10. The number of aromatic nitrogens is 1. The molecule has 0 bridgehead atoms. The molecule has 12 nitrogen and oxygen atoms in total. The van der Waals surface area contributed by atoms with Crippen LogP contribution in [-0.4, -0.2) is 76.7 Å². The molecule has 5 amide bonds. The molecule has 2 heterocycles. The summed E-state index contributed by atoms with van der Waals surface area (Å²) >= 11 is 0. The second-order valence-electron chi connectivity index (χ2n) is 18.1. The molecule has 1 aromatic heterocycles. The zero-order valence-corrected chi connectivity index (χ0v) is 31.3. The number of urea groups is 1. The smallest absolute Gasteiger partial charge is 0.315 e. The second-order valence-corrected chi connectivity index (χ2v) is 18.1. The van der Waals surface area contributed by atoms with Crippen LogP contribution in [-0.2, 0) is 19.2 Å². The van der Waals surface area contributed by atoms with Gasteiger partial charge in [-0.15, -0.1) is 0 Å². The van der Waals surface area contributed by atoms with Crippen LogP contribution in [0.25, 0.3) is 0 Å². The maximum Gasteiger partial charge on any atom is 0.315 e. The number of rotatable bonds is 12. The monoisotopic (exact) mass is 693 g/mol. The van der Waals surface area contributed by atoms with Crippen molar-refractivity contribution in [2.75, 3.05) is 18.4 Å². The quantitative estimate of drug-likeness (QED) is 0.204. The van der Waals surface area contributed by atoms with E-state index in [1.54, 1.807) is 11.1 Å². The molecule has 5 rings (SSSR count). The van der Waals surface area contributed by atoms with E-state index < -0.39 is 47.2 Å². The van der Waals surface area contributed by atoms with Gasteiger partial charge in [-0.2, -0.15) is 0 Å². The highest BCUT2D eigenvalue weighted by Gasteiger charge is 2.85. The van der Waals surface area contributed by atoms with E-state index >= 15 is 0 Å². The average molecular weight is 694 g/mol. The van der Waals surface area contributed by atoms with Gasteiger partial charge < -0.3 is 31.9 Å². The zero-order valence-electron chi connectivity index (χ0n) is 31.3. The average Bonchev–Trinajstić information content (AvgIpc) is 3.21. The van der Waals surface area contributed by atoms with Crippen LogP contribution in [0.15, 0.2) is 24.4 Å². The molecule has 1 saturated heterocycles. The summed E-state index contributed by atoms with van der Waals surface area (Å²) in [5, 5.41) is 12.2. The van der Waals surface area contributed by atoms with Gasteiger partial charge in [0.05, 0.1) is 12.1 Å². The van der Waals surface area contributed by atoms with Crippen molar-refractivity contribution in [2.24, 2.45) is 38.7 Å². The van der Waals surface area contributed by atoms with E-state index in [-0.39, 0.29) is 39.5 Å². The molecule has 3 aliphatic carbocycles. The molecule has 0 radical (unpaired) electrons. The molecule has 1 aromatic rings. The third-order valence-corrected chi connectivity index (χ3v) is 13.0. The Balaban J connectivity index is 1.38. The Kier molecular flexibility index (Phi) is 10.1. The van der Waals surface area contributed by atoms with Gasteiger partial charge in [0, 0.05) is 24.7 Å². The number of nitrogens with one attached hydrogen (secondary N) is 4. The maximum atomic E-state index is 14.8. The van der Waals surface area contributed by atoms with E-state index in [1.165, 1.54) is 0 Å². The SMILES string of the molecule is CC(C)(C)[C@H](NC(=O)N[C@H](CNc1ccccn1)C(C)(C)C)C(=O)N1C[C@]2(C[C@H]1C(=O)NC(CC1CCC1)C(=O)C(N)=O)C(C)(C)C21CCC1. The van der Waals surface area contributed by atoms with Crippen LogP contribution >= 0.6 is 0 Å². The van der Waals surface area contributed by atoms with E-state index in [2.05, 4.69) is 40.1 Å². The highest BCUT2D eigenvalue weighted by molar-refractivity contribution is 6.37. The van der Waals surface area contributed by atoms with Crippen molar-refractivity contribution >= 4 is 35.4 Å². The predicted octanol–water partition coefficient (Wildman–Crippen LogP) is 4.15. The number of ketones is 1. The number of fused-ring (bicyclic) bond motifs is 1. The fourth-order valence-corrected chi connectivity index (χ4v) is 9.19. The van der Waals surface area contributed by atoms with Crippen molar-refractivity contribution in [3.63, 3.8) is 0 Å². The molecule has 2 spiro atoms. The lowest BCUT2D eigenvalue weighted by Gasteiger charge is -2.37. The molecule has 4 aliphatic rings. The minimum absolute atomic E-state index is 0.0461. The number of anilines is 1. The van der Waals surface area contributed by atoms with E-state index in [4.69, 9.17) is 5.73 Å². The second kappa shape index (κ2) is 13.5. The number of nitrogens with two attached hydrogens (primary N) is 1. The summed E-state index contributed by atoms with van der Waals surface area (Å²) in [5.74, 6) is -1.74. The van der Waals surface area contributed by atoms with E-state index in [9.17, 15) is 24.0 Å². The normalized spacial score (nSPS) is 25.4. The Labute approximate surface area is 297 Å². The van der Waals surface area contributed by atoms with Crippen LogP contribution in [0, 0.1) is 33.0 Å². The van der Waals surface area contributed by atoms with Gasteiger partial charge in [0.2, 0.25) is 17.6 Å². The predicted molar refractivity (Wildman–Crippen MR) is 192 cm³/mol. The van der Waals surface area contributed by atoms with Gasteiger partial charge in [0.1, 0.15) is 17.9 Å². The third-order valence-electron chi connectivity index (χ3n) is 13.0. The molecular weight excluding hydrogens is 634 g/mol. The molecule has 12 heteroatoms. The molecule has 1 aliphatic heterocycles. The summed E-state index contributed by atoms with van der Waals surface area (Å²) in [6, 6.07) is 1.96. The number of likely N-dealkylation sites (tertiary alicyclic amines) is 1. The molecule has 5 atom stereocenters. The maximum absolute atomic E-state index is 14.8. The number of hydrogen-bond donors (Lipinski definition) is 5. The van der Waals surface area contributed by atoms with Crippen LogP contribution in [0.2, 0.25) is 0 Å². The van der Waals surface area contributed by atoms with Gasteiger partial charge in [-0.3, -0.25) is 19.2 Å². The van der Waals surface area contributed by atoms with Crippen molar-refractivity contribution in [3.8, 4) is 0 Å². The molecular formula is C38H59N7O5. The first kappa shape index (κ1) is 37.6. The van der Waals surface area contributed by atoms with Crippen molar-refractivity contribution in [1.82, 2.24) is 25.8 Å². The number of Topliss-reactive ketones (excluding diaryl/α,β-unsaturated/α-hetero) is 1. The summed E-state index contributed by atoms with van der Waals surface area (Å²) in [6.07, 6.45) is 8.64. The first-order chi connectivity index (χ1) is 23.2. The van der Waals surface area contributed by atoms with Gasteiger partial charge in [-0.1, -0.05) is 87.1 Å². The van der Waals surface area contributed by atoms with E-state index in [0.717, 1.165) is 38.5 Å². The molecule has 276 valence electrons. The Morgan fingerprint density at radius 2 is 1.62 bits per heavy atom. The van der Waals surface area contributed by atoms with Crippen molar-refractivity contribution in [1.29, 1.82) is 0 Å². The number of hydrogen-bond acceptors (Lipinski definition) is 7. The fraction of sp³-hybridized carbons (Fsp3) is 0.737. The van der Waals surface area contributed by atoms with Crippen LogP contribution in [0.5, 0.6) is 0 Å². The third kappa shape index (κ3) is 6.83. The highest BCUT2D eigenvalue weighted by atomic mass is 16.2. The van der Waals surface area contributed by atoms with Gasteiger partial charge >= 0.3 is 6.03 Å². The number of pyridine rings is 1. The van der Waals surface area contributed by atoms with Crippen molar-refractivity contribution < 1.29 is 24.0 Å². The topological polar surface area (TPSA) is 176 Å². The molecule has 3 saturated carbocycles. The van der Waals surface area contributed by atoms with E-state index in [0.29, 0.717) is 31.7 Å². The number of amides is 5. The first-order valence-electron chi connectivity index (χ1n) is 18.4. The molecule has 50 heavy (non-hydrogen) atoms.